The van der Waals surface area contributed by atoms with Crippen LogP contribution in [0.15, 0.2) is 38.1 Å². The van der Waals surface area contributed by atoms with Crippen molar-refractivity contribution in [2.24, 2.45) is 0 Å². The Morgan fingerprint density at radius 1 is 1.46 bits per heavy atom. The van der Waals surface area contributed by atoms with Crippen LogP contribution in [-0.4, -0.2) is 30.2 Å². The topological polar surface area (TPSA) is 102 Å². The molecule has 8 nitrogen and oxygen atoms in total. The lowest BCUT2D eigenvalue weighted by Gasteiger charge is -2.10. The van der Waals surface area contributed by atoms with Crippen molar-refractivity contribution in [3.8, 4) is 11.3 Å². The van der Waals surface area contributed by atoms with Crippen LogP contribution in [0.2, 0.25) is 0 Å². The van der Waals surface area contributed by atoms with Gasteiger partial charge in [0.2, 0.25) is 5.16 Å². The number of aromatic nitrogens is 6. The first-order valence-electron chi connectivity index (χ1n) is 8.20. The Balaban J connectivity index is 1.49. The number of tetrazole rings is 1. The summed E-state index contributed by atoms with van der Waals surface area (Å²) in [6.07, 6.45) is 3.81. The number of hydrogen-bond acceptors (Lipinski definition) is 8. The highest BCUT2D eigenvalue weighted by molar-refractivity contribution is 7.99. The van der Waals surface area contributed by atoms with E-state index in [1.54, 1.807) is 12.3 Å². The zero-order chi connectivity index (χ0) is 17.7. The van der Waals surface area contributed by atoms with Crippen molar-refractivity contribution in [3.05, 3.63) is 40.0 Å². The highest BCUT2D eigenvalue weighted by Crippen LogP contribution is 2.40. The van der Waals surface area contributed by atoms with Gasteiger partial charge in [0.1, 0.15) is 16.4 Å². The molecule has 1 atom stereocenters. The average molecular weight is 386 g/mol. The van der Waals surface area contributed by atoms with Crippen molar-refractivity contribution < 1.29 is 4.42 Å². The fourth-order valence-corrected chi connectivity index (χ4v) is 4.65. The molecule has 1 aliphatic rings. The molecule has 5 rings (SSSR count). The van der Waals surface area contributed by atoms with Gasteiger partial charge in [-0.05, 0) is 42.3 Å². The van der Waals surface area contributed by atoms with Gasteiger partial charge in [0.15, 0.2) is 0 Å². The van der Waals surface area contributed by atoms with E-state index in [4.69, 9.17) is 4.42 Å². The van der Waals surface area contributed by atoms with E-state index >= 15 is 0 Å². The first-order chi connectivity index (χ1) is 12.7. The van der Waals surface area contributed by atoms with Crippen LogP contribution >= 0.6 is 23.1 Å². The van der Waals surface area contributed by atoms with Gasteiger partial charge in [-0.3, -0.25) is 4.79 Å². The van der Waals surface area contributed by atoms with Gasteiger partial charge in [-0.15, -0.1) is 16.4 Å². The number of thiophene rings is 1. The number of furan rings is 1. The standard InChI is InChI=1S/C16H14N6O2S2/c1-8(26-16-19-20-21-22(16)9-4-5-9)13-17-14(23)12-10(7-25-15(12)18-13)11-3-2-6-24-11/h2-3,6-9H,4-5H2,1H3,(H,17,18,23). The molecule has 1 aliphatic carbocycles. The predicted octanol–water partition coefficient (Wildman–Crippen LogP) is 3.42. The van der Waals surface area contributed by atoms with Gasteiger partial charge in [-0.25, -0.2) is 9.67 Å². The second-order valence-electron chi connectivity index (χ2n) is 6.16. The number of H-pyrrole nitrogens is 1. The lowest BCUT2D eigenvalue weighted by Crippen LogP contribution is -2.12. The summed E-state index contributed by atoms with van der Waals surface area (Å²) in [6, 6.07) is 4.05. The molecule has 10 heteroatoms. The van der Waals surface area contributed by atoms with Crippen LogP contribution in [0.4, 0.5) is 0 Å². The van der Waals surface area contributed by atoms with Gasteiger partial charge in [0, 0.05) is 10.9 Å². The Labute approximate surface area is 155 Å². The maximum Gasteiger partial charge on any atom is 0.260 e. The SMILES string of the molecule is CC(Sc1nnnn1C1CC1)c1nc2scc(-c3ccco3)c2c(=O)[nH]1. The van der Waals surface area contributed by atoms with Crippen LogP contribution in [0.25, 0.3) is 21.5 Å². The summed E-state index contributed by atoms with van der Waals surface area (Å²) in [6.45, 7) is 1.99. The minimum Gasteiger partial charge on any atom is -0.464 e. The second-order valence-corrected chi connectivity index (χ2v) is 8.32. The smallest absolute Gasteiger partial charge is 0.260 e. The van der Waals surface area contributed by atoms with E-state index in [9.17, 15) is 4.79 Å². The van der Waals surface area contributed by atoms with Crippen molar-refractivity contribution in [2.45, 2.75) is 36.2 Å². The van der Waals surface area contributed by atoms with Gasteiger partial charge < -0.3 is 9.40 Å². The zero-order valence-electron chi connectivity index (χ0n) is 13.7. The molecule has 4 aromatic rings. The van der Waals surface area contributed by atoms with Crippen molar-refractivity contribution in [3.63, 3.8) is 0 Å². The molecule has 26 heavy (non-hydrogen) atoms. The molecule has 0 spiro atoms. The normalized spacial score (nSPS) is 15.6. The Kier molecular flexibility index (Phi) is 3.68. The molecule has 0 radical (unpaired) electrons. The average Bonchev–Trinajstić information content (AvgIpc) is 3.06. The molecule has 4 aromatic heterocycles. The third-order valence-corrected chi connectivity index (χ3v) is 6.20. The van der Waals surface area contributed by atoms with Gasteiger partial charge >= 0.3 is 0 Å². The molecule has 0 bridgehead atoms. The molecule has 132 valence electrons. The molecule has 1 N–H and O–H groups in total. The fourth-order valence-electron chi connectivity index (χ4n) is 2.80. The summed E-state index contributed by atoms with van der Waals surface area (Å²) in [5.74, 6) is 1.29. The van der Waals surface area contributed by atoms with Gasteiger partial charge in [-0.2, -0.15) is 0 Å². The molecule has 0 aliphatic heterocycles. The lowest BCUT2D eigenvalue weighted by atomic mass is 10.2. The third-order valence-electron chi connectivity index (χ3n) is 4.27. The monoisotopic (exact) mass is 386 g/mol. The summed E-state index contributed by atoms with van der Waals surface area (Å²) in [7, 11) is 0. The van der Waals surface area contributed by atoms with E-state index in [2.05, 4.69) is 25.5 Å². The summed E-state index contributed by atoms with van der Waals surface area (Å²) in [5.41, 5.74) is 0.611. The van der Waals surface area contributed by atoms with Crippen LogP contribution in [0, 0.1) is 0 Å². The van der Waals surface area contributed by atoms with Crippen molar-refractivity contribution in [1.29, 1.82) is 0 Å². The van der Waals surface area contributed by atoms with E-state index in [1.165, 1.54) is 23.1 Å². The minimum atomic E-state index is -0.160. The molecular formula is C16H14N6O2S2. The number of fused-ring (bicyclic) bond motifs is 1. The first kappa shape index (κ1) is 15.8. The molecule has 0 aromatic carbocycles. The van der Waals surface area contributed by atoms with Crippen molar-refractivity contribution in [2.75, 3.05) is 0 Å². The number of nitrogens with zero attached hydrogens (tertiary/aromatic N) is 5. The summed E-state index contributed by atoms with van der Waals surface area (Å²) < 4.78 is 7.29. The molecule has 1 fully saturated rings. The van der Waals surface area contributed by atoms with E-state index in [-0.39, 0.29) is 10.8 Å². The number of thioether (sulfide) groups is 1. The first-order valence-corrected chi connectivity index (χ1v) is 9.96. The van der Waals surface area contributed by atoms with E-state index in [0.717, 1.165) is 23.6 Å². The quantitative estimate of drug-likeness (QED) is 0.524. The van der Waals surface area contributed by atoms with Crippen molar-refractivity contribution >= 4 is 33.3 Å². The summed E-state index contributed by atoms with van der Waals surface area (Å²) in [5, 5.41) is 15.1. The van der Waals surface area contributed by atoms with Crippen LogP contribution in [-0.2, 0) is 0 Å². The van der Waals surface area contributed by atoms with Gasteiger partial charge in [-0.1, -0.05) is 11.8 Å². The van der Waals surface area contributed by atoms with Crippen LogP contribution in [0.3, 0.4) is 0 Å². The molecule has 0 amide bonds. The van der Waals surface area contributed by atoms with Crippen LogP contribution in [0.5, 0.6) is 0 Å². The van der Waals surface area contributed by atoms with Crippen LogP contribution < -0.4 is 5.56 Å². The van der Waals surface area contributed by atoms with E-state index < -0.39 is 0 Å². The third kappa shape index (κ3) is 2.65. The largest absolute Gasteiger partial charge is 0.464 e. The summed E-state index contributed by atoms with van der Waals surface area (Å²) in [4.78, 5) is 21.0. The maximum absolute atomic E-state index is 12.7. The summed E-state index contributed by atoms with van der Waals surface area (Å²) >= 11 is 2.94. The maximum atomic E-state index is 12.7. The molecule has 4 heterocycles. The molecule has 1 unspecified atom stereocenters. The number of hydrogen-bond donors (Lipinski definition) is 1. The highest BCUT2D eigenvalue weighted by Gasteiger charge is 2.29. The Bertz CT molecular complexity index is 1130. The number of rotatable bonds is 5. The van der Waals surface area contributed by atoms with E-state index in [0.29, 0.717) is 27.8 Å². The van der Waals surface area contributed by atoms with Gasteiger partial charge in [0.05, 0.1) is 22.9 Å². The minimum absolute atomic E-state index is 0.0789. The number of aromatic amines is 1. The highest BCUT2D eigenvalue weighted by atomic mass is 32.2. The molecule has 0 saturated heterocycles. The zero-order valence-corrected chi connectivity index (χ0v) is 15.4. The van der Waals surface area contributed by atoms with Crippen molar-refractivity contribution in [1.82, 2.24) is 30.2 Å². The Hall–Kier alpha value is -2.46. The molecule has 1 saturated carbocycles. The molecular weight excluding hydrogens is 372 g/mol. The van der Waals surface area contributed by atoms with Crippen LogP contribution in [0.1, 0.15) is 36.9 Å². The number of nitrogens with one attached hydrogen (secondary N) is 1. The predicted molar refractivity (Wildman–Crippen MR) is 98.3 cm³/mol. The second kappa shape index (κ2) is 6.06. The van der Waals surface area contributed by atoms with E-state index in [1.807, 2.05) is 23.1 Å². The Morgan fingerprint density at radius 2 is 2.35 bits per heavy atom. The Morgan fingerprint density at radius 3 is 3.12 bits per heavy atom. The van der Waals surface area contributed by atoms with Gasteiger partial charge in [0.25, 0.3) is 5.56 Å². The lowest BCUT2D eigenvalue weighted by molar-refractivity contribution is 0.564. The fraction of sp³-hybridized carbons (Fsp3) is 0.312.